The van der Waals surface area contributed by atoms with Crippen LogP contribution in [0.4, 0.5) is 0 Å². The zero-order chi connectivity index (χ0) is 25.4. The highest BCUT2D eigenvalue weighted by atomic mass is 16.5. The Morgan fingerprint density at radius 2 is 1.83 bits per heavy atom. The Balaban J connectivity index is 1.52. The van der Waals surface area contributed by atoms with Gasteiger partial charge in [0.15, 0.2) is 0 Å². The van der Waals surface area contributed by atoms with Gasteiger partial charge in [-0.05, 0) is 59.4 Å². The molecular formula is C28H38N6O2. The molecule has 0 saturated carbocycles. The lowest BCUT2D eigenvalue weighted by atomic mass is 10.0. The fourth-order valence-electron chi connectivity index (χ4n) is 5.55. The van der Waals surface area contributed by atoms with Crippen LogP contribution in [0.15, 0.2) is 30.6 Å². The molecule has 0 spiro atoms. The van der Waals surface area contributed by atoms with E-state index in [1.165, 1.54) is 11.3 Å². The number of rotatable bonds is 5. The lowest BCUT2D eigenvalue weighted by Crippen LogP contribution is -2.55. The number of aromatic nitrogens is 4. The first-order chi connectivity index (χ1) is 17.4. The molecular weight excluding hydrogens is 452 g/mol. The predicted molar refractivity (Wildman–Crippen MR) is 141 cm³/mol. The van der Waals surface area contributed by atoms with Gasteiger partial charge in [0.1, 0.15) is 0 Å². The molecule has 3 aromatic heterocycles. The minimum atomic E-state index is 0.237. The third kappa shape index (κ3) is 4.65. The predicted octanol–water partition coefficient (Wildman–Crippen LogP) is 3.85. The third-order valence-corrected chi connectivity index (χ3v) is 7.94. The summed E-state index contributed by atoms with van der Waals surface area (Å²) in [7, 11) is 3.87. The molecule has 3 unspecified atom stereocenters. The molecule has 2 aliphatic rings. The first-order valence-electron chi connectivity index (χ1n) is 13.0. The van der Waals surface area contributed by atoms with E-state index in [0.717, 1.165) is 54.1 Å². The summed E-state index contributed by atoms with van der Waals surface area (Å²) >= 11 is 0. The van der Waals surface area contributed by atoms with Gasteiger partial charge in [0.25, 0.3) is 0 Å². The molecule has 8 nitrogen and oxygen atoms in total. The lowest BCUT2D eigenvalue weighted by molar-refractivity contribution is 0.0367. The van der Waals surface area contributed by atoms with Crippen molar-refractivity contribution in [3.8, 4) is 22.8 Å². The van der Waals surface area contributed by atoms with Gasteiger partial charge >= 0.3 is 0 Å². The Hall–Kier alpha value is -2.81. The van der Waals surface area contributed by atoms with Gasteiger partial charge in [0, 0.05) is 60.5 Å². The molecule has 5 heterocycles. The summed E-state index contributed by atoms with van der Waals surface area (Å²) in [6, 6.07) is 7.68. The molecule has 0 N–H and O–H groups in total. The van der Waals surface area contributed by atoms with Crippen LogP contribution in [0, 0.1) is 6.92 Å². The van der Waals surface area contributed by atoms with Gasteiger partial charge in [-0.3, -0.25) is 14.8 Å². The topological polar surface area (TPSA) is 68.5 Å². The quantitative estimate of drug-likeness (QED) is 0.538. The molecule has 36 heavy (non-hydrogen) atoms. The number of methoxy groups -OCH3 is 1. The van der Waals surface area contributed by atoms with E-state index in [1.807, 2.05) is 24.0 Å². The van der Waals surface area contributed by atoms with Crippen LogP contribution < -0.4 is 4.74 Å². The van der Waals surface area contributed by atoms with Gasteiger partial charge in [0.05, 0.1) is 49.3 Å². The lowest BCUT2D eigenvalue weighted by Gasteiger charge is -2.44. The fraction of sp³-hybridized carbons (Fsp3) is 0.536. The average Bonchev–Trinajstić information content (AvgIpc) is 3.07. The number of piperazine rings is 1. The molecule has 3 aromatic rings. The van der Waals surface area contributed by atoms with Crippen molar-refractivity contribution in [2.75, 3.05) is 40.5 Å². The average molecular weight is 491 g/mol. The summed E-state index contributed by atoms with van der Waals surface area (Å²) in [5.41, 5.74) is 7.60. The van der Waals surface area contributed by atoms with E-state index in [1.54, 1.807) is 7.11 Å². The minimum absolute atomic E-state index is 0.237. The Morgan fingerprint density at radius 3 is 2.56 bits per heavy atom. The zero-order valence-electron chi connectivity index (χ0n) is 22.4. The van der Waals surface area contributed by atoms with Gasteiger partial charge < -0.3 is 9.47 Å². The number of hydrogen-bond donors (Lipinski definition) is 0. The van der Waals surface area contributed by atoms with Gasteiger partial charge in [-0.15, -0.1) is 0 Å². The fourth-order valence-corrected chi connectivity index (χ4v) is 5.55. The maximum Gasteiger partial charge on any atom is 0.216 e. The van der Waals surface area contributed by atoms with Gasteiger partial charge in [-0.2, -0.15) is 5.10 Å². The first kappa shape index (κ1) is 24.9. The van der Waals surface area contributed by atoms with Crippen LogP contribution in [0.25, 0.3) is 16.9 Å². The number of likely N-dealkylation sites (N-methyl/N-ethyl adjacent to an activating group) is 1. The van der Waals surface area contributed by atoms with E-state index in [2.05, 4.69) is 60.8 Å². The molecule has 1 fully saturated rings. The minimum Gasteiger partial charge on any atom is -0.481 e. The molecule has 0 aliphatic carbocycles. The second kappa shape index (κ2) is 10.3. The van der Waals surface area contributed by atoms with Gasteiger partial charge in [-0.25, -0.2) is 9.67 Å². The molecule has 0 bridgehead atoms. The molecule has 0 aromatic carbocycles. The van der Waals surface area contributed by atoms with Crippen LogP contribution in [0.2, 0.25) is 0 Å². The maximum atomic E-state index is 5.85. The smallest absolute Gasteiger partial charge is 0.216 e. The molecule has 8 heteroatoms. The second-order valence-corrected chi connectivity index (χ2v) is 10.3. The largest absolute Gasteiger partial charge is 0.481 e. The van der Waals surface area contributed by atoms with Crippen molar-refractivity contribution in [3.63, 3.8) is 0 Å². The van der Waals surface area contributed by atoms with E-state index >= 15 is 0 Å². The van der Waals surface area contributed by atoms with Crippen molar-refractivity contribution in [1.82, 2.24) is 29.5 Å². The molecule has 2 aliphatic heterocycles. The summed E-state index contributed by atoms with van der Waals surface area (Å²) in [6.07, 6.45) is 5.43. The maximum absolute atomic E-state index is 5.85. The van der Waals surface area contributed by atoms with Crippen molar-refractivity contribution in [2.45, 2.75) is 58.7 Å². The Bertz CT molecular complexity index is 1210. The summed E-state index contributed by atoms with van der Waals surface area (Å²) in [4.78, 5) is 14.3. The molecule has 192 valence electrons. The van der Waals surface area contributed by atoms with Crippen LogP contribution >= 0.6 is 0 Å². The molecule has 0 radical (unpaired) electrons. The number of pyridine rings is 2. The van der Waals surface area contributed by atoms with Crippen molar-refractivity contribution < 1.29 is 9.47 Å². The van der Waals surface area contributed by atoms with Crippen LogP contribution in [-0.4, -0.2) is 82.1 Å². The van der Waals surface area contributed by atoms with Crippen LogP contribution in [0.3, 0.4) is 0 Å². The number of fused-ring (bicyclic) bond motifs is 1. The number of aryl methyl sites for hydroxylation is 1. The second-order valence-electron chi connectivity index (χ2n) is 10.3. The van der Waals surface area contributed by atoms with Crippen molar-refractivity contribution in [2.24, 2.45) is 0 Å². The summed E-state index contributed by atoms with van der Waals surface area (Å²) in [5.74, 6) is 0.640. The van der Waals surface area contributed by atoms with E-state index in [9.17, 15) is 0 Å². The van der Waals surface area contributed by atoms with E-state index in [0.29, 0.717) is 31.2 Å². The van der Waals surface area contributed by atoms with Crippen LogP contribution in [-0.2, 0) is 17.6 Å². The SMILES string of the molecule is COc1ncc(-n2nc(-c3ccnc(C(C)N4CC(C)N(C)C(C)C4)c3)c3c2CCOCC3)cc1C. The highest BCUT2D eigenvalue weighted by molar-refractivity contribution is 5.65. The normalized spacial score (nSPS) is 22.2. The van der Waals surface area contributed by atoms with E-state index in [4.69, 9.17) is 19.6 Å². The standard InChI is InChI=1S/C28H38N6O2/c1-18-13-23(15-30-28(18)35-6)34-26-9-12-36-11-8-24(26)27(31-34)22-7-10-29-25(14-22)21(4)33-16-19(2)32(5)20(3)17-33/h7,10,13-15,19-21H,8-9,11-12,16-17H2,1-6H3. The highest BCUT2D eigenvalue weighted by Gasteiger charge is 2.30. The van der Waals surface area contributed by atoms with E-state index < -0.39 is 0 Å². The number of ether oxygens (including phenoxy) is 2. The summed E-state index contributed by atoms with van der Waals surface area (Å²) in [6.45, 7) is 12.4. The van der Waals surface area contributed by atoms with E-state index in [-0.39, 0.29) is 6.04 Å². The van der Waals surface area contributed by atoms with Crippen LogP contribution in [0.1, 0.15) is 49.3 Å². The van der Waals surface area contributed by atoms with Gasteiger partial charge in [-0.1, -0.05) is 0 Å². The third-order valence-electron chi connectivity index (χ3n) is 7.94. The van der Waals surface area contributed by atoms with Gasteiger partial charge in [0.2, 0.25) is 5.88 Å². The highest BCUT2D eigenvalue weighted by Crippen LogP contribution is 2.32. The Labute approximate surface area is 214 Å². The molecule has 1 saturated heterocycles. The Morgan fingerprint density at radius 1 is 1.08 bits per heavy atom. The molecule has 5 rings (SSSR count). The first-order valence-corrected chi connectivity index (χ1v) is 13.0. The zero-order valence-corrected chi connectivity index (χ0v) is 22.4. The summed E-state index contributed by atoms with van der Waals surface area (Å²) in [5, 5.41) is 5.15. The molecule has 0 amide bonds. The van der Waals surface area contributed by atoms with Crippen molar-refractivity contribution in [1.29, 1.82) is 0 Å². The van der Waals surface area contributed by atoms with Crippen molar-refractivity contribution >= 4 is 0 Å². The Kier molecular flexibility index (Phi) is 7.10. The van der Waals surface area contributed by atoms with Crippen LogP contribution in [0.5, 0.6) is 5.88 Å². The van der Waals surface area contributed by atoms with Crippen molar-refractivity contribution in [3.05, 3.63) is 53.1 Å². The number of hydrogen-bond acceptors (Lipinski definition) is 7. The molecule has 3 atom stereocenters. The monoisotopic (exact) mass is 490 g/mol. The number of nitrogens with zero attached hydrogens (tertiary/aromatic N) is 6. The summed E-state index contributed by atoms with van der Waals surface area (Å²) < 4.78 is 13.3.